The number of nitrogens with zero attached hydrogens (tertiary/aromatic N) is 1. The third-order valence-corrected chi connectivity index (χ3v) is 5.83. The van der Waals surface area contributed by atoms with E-state index in [2.05, 4.69) is 10.3 Å². The Labute approximate surface area is 194 Å². The third kappa shape index (κ3) is 3.97. The van der Waals surface area contributed by atoms with Crippen molar-refractivity contribution in [2.24, 2.45) is 0 Å². The standard InChI is InChI=1S/C25H23N3O6/c29-14-17(10-16-13-26-20-5-2-1-4-18(16)20)27-24(30)19-11-15(12-22-23(19)34-9-8-33-22)21-6-3-7-28(21)25(31)32/h1-7,11-13,17,26,29H,8-10,14H2,(H,27,30)(H,31,32)/t17-/m1/s1. The molecule has 1 aliphatic heterocycles. The Balaban J connectivity index is 1.46. The van der Waals surface area contributed by atoms with Gasteiger partial charge in [0.05, 0.1) is 23.9 Å². The number of aromatic nitrogens is 2. The molecule has 0 bridgehead atoms. The molecule has 4 aromatic rings. The van der Waals surface area contributed by atoms with E-state index in [4.69, 9.17) is 9.47 Å². The second kappa shape index (κ2) is 8.95. The molecule has 1 amide bonds. The van der Waals surface area contributed by atoms with Gasteiger partial charge >= 0.3 is 6.09 Å². The molecule has 2 aromatic heterocycles. The van der Waals surface area contributed by atoms with Crippen LogP contribution in [0.5, 0.6) is 11.5 Å². The topological polar surface area (TPSA) is 126 Å². The van der Waals surface area contributed by atoms with Crippen LogP contribution in [0.1, 0.15) is 15.9 Å². The first-order valence-electron chi connectivity index (χ1n) is 10.9. The predicted octanol–water partition coefficient (Wildman–Crippen LogP) is 3.27. The van der Waals surface area contributed by atoms with Crippen molar-refractivity contribution in [2.75, 3.05) is 19.8 Å². The van der Waals surface area contributed by atoms with E-state index in [1.807, 2.05) is 30.5 Å². The number of fused-ring (bicyclic) bond motifs is 2. The minimum Gasteiger partial charge on any atom is -0.486 e. The molecule has 2 aromatic carbocycles. The number of aliphatic hydroxyl groups excluding tert-OH is 1. The summed E-state index contributed by atoms with van der Waals surface area (Å²) in [6.07, 6.45) is 2.59. The molecular formula is C25H23N3O6. The Hall–Kier alpha value is -4.24. The number of ether oxygens (including phenoxy) is 2. The summed E-state index contributed by atoms with van der Waals surface area (Å²) < 4.78 is 12.5. The average Bonchev–Trinajstić information content (AvgIpc) is 3.51. The quantitative estimate of drug-likeness (QED) is 0.349. The second-order valence-electron chi connectivity index (χ2n) is 8.01. The molecule has 0 aliphatic carbocycles. The molecule has 1 atom stereocenters. The van der Waals surface area contributed by atoms with Crippen LogP contribution < -0.4 is 14.8 Å². The molecule has 5 rings (SSSR count). The van der Waals surface area contributed by atoms with Gasteiger partial charge in [0.15, 0.2) is 11.5 Å². The minimum atomic E-state index is -1.14. The van der Waals surface area contributed by atoms with Crippen molar-refractivity contribution in [2.45, 2.75) is 12.5 Å². The molecular weight excluding hydrogens is 438 g/mol. The van der Waals surface area contributed by atoms with Crippen molar-refractivity contribution in [3.63, 3.8) is 0 Å². The van der Waals surface area contributed by atoms with E-state index in [9.17, 15) is 19.8 Å². The molecule has 1 aliphatic rings. The summed E-state index contributed by atoms with van der Waals surface area (Å²) in [7, 11) is 0. The summed E-state index contributed by atoms with van der Waals surface area (Å²) in [5, 5.41) is 23.4. The van der Waals surface area contributed by atoms with E-state index in [-0.39, 0.29) is 18.8 Å². The van der Waals surface area contributed by atoms with Gasteiger partial charge in [0.2, 0.25) is 0 Å². The molecule has 9 nitrogen and oxygen atoms in total. The van der Waals surface area contributed by atoms with E-state index in [1.165, 1.54) is 6.20 Å². The first-order chi connectivity index (χ1) is 16.5. The monoisotopic (exact) mass is 461 g/mol. The van der Waals surface area contributed by atoms with Crippen molar-refractivity contribution in [3.05, 3.63) is 72.1 Å². The zero-order chi connectivity index (χ0) is 23.7. The van der Waals surface area contributed by atoms with Gasteiger partial charge in [-0.05, 0) is 42.3 Å². The lowest BCUT2D eigenvalue weighted by Gasteiger charge is -2.23. The zero-order valence-corrected chi connectivity index (χ0v) is 18.2. The summed E-state index contributed by atoms with van der Waals surface area (Å²) in [4.78, 5) is 28.1. The minimum absolute atomic E-state index is 0.211. The maximum Gasteiger partial charge on any atom is 0.415 e. The Morgan fingerprint density at radius 1 is 1.12 bits per heavy atom. The van der Waals surface area contributed by atoms with E-state index >= 15 is 0 Å². The van der Waals surface area contributed by atoms with E-state index in [0.29, 0.717) is 35.8 Å². The number of para-hydroxylation sites is 1. The number of nitrogens with one attached hydrogen (secondary N) is 2. The maximum absolute atomic E-state index is 13.3. The molecule has 0 spiro atoms. The number of carboxylic acid groups (broad SMARTS) is 1. The Bertz CT molecular complexity index is 1370. The third-order valence-electron chi connectivity index (χ3n) is 5.83. The van der Waals surface area contributed by atoms with Gasteiger partial charge in [-0.2, -0.15) is 0 Å². The Morgan fingerprint density at radius 3 is 2.76 bits per heavy atom. The van der Waals surface area contributed by atoms with Gasteiger partial charge in [0, 0.05) is 28.9 Å². The molecule has 9 heteroatoms. The van der Waals surface area contributed by atoms with E-state index in [0.717, 1.165) is 21.0 Å². The number of hydrogen-bond donors (Lipinski definition) is 4. The number of aliphatic hydroxyl groups is 1. The smallest absolute Gasteiger partial charge is 0.415 e. The van der Waals surface area contributed by atoms with Gasteiger partial charge in [-0.15, -0.1) is 0 Å². The van der Waals surface area contributed by atoms with Gasteiger partial charge < -0.3 is 30.0 Å². The average molecular weight is 461 g/mol. The highest BCUT2D eigenvalue weighted by Gasteiger charge is 2.25. The Morgan fingerprint density at radius 2 is 1.94 bits per heavy atom. The predicted molar refractivity (Wildman–Crippen MR) is 125 cm³/mol. The largest absolute Gasteiger partial charge is 0.486 e. The number of benzene rings is 2. The van der Waals surface area contributed by atoms with Gasteiger partial charge in [0.1, 0.15) is 13.2 Å². The molecule has 4 N–H and O–H groups in total. The number of carbonyl (C=O) groups is 2. The fourth-order valence-electron chi connectivity index (χ4n) is 4.24. The van der Waals surface area contributed by atoms with Crippen LogP contribution in [-0.4, -0.2) is 57.6 Å². The SMILES string of the molecule is O=C(N[C@@H](CO)Cc1c[nH]c2ccccc12)c1cc(-c2cccn2C(=O)O)cc2c1OCCO2. The van der Waals surface area contributed by atoms with Crippen LogP contribution in [0.3, 0.4) is 0 Å². The summed E-state index contributed by atoms with van der Waals surface area (Å²) in [5.74, 6) is 0.213. The van der Waals surface area contributed by atoms with Gasteiger partial charge in [0.25, 0.3) is 5.91 Å². The fourth-order valence-corrected chi connectivity index (χ4v) is 4.24. The second-order valence-corrected chi connectivity index (χ2v) is 8.01. The number of hydrogen-bond acceptors (Lipinski definition) is 5. The van der Waals surface area contributed by atoms with Gasteiger partial charge in [-0.1, -0.05) is 18.2 Å². The van der Waals surface area contributed by atoms with Gasteiger partial charge in [-0.3, -0.25) is 9.36 Å². The summed E-state index contributed by atoms with van der Waals surface area (Å²) in [6, 6.07) is 13.8. The molecule has 0 fully saturated rings. The number of H-pyrrole nitrogens is 1. The fraction of sp³-hybridized carbons (Fsp3) is 0.200. The highest BCUT2D eigenvalue weighted by molar-refractivity contribution is 6.00. The van der Waals surface area contributed by atoms with Gasteiger partial charge in [-0.25, -0.2) is 4.79 Å². The molecule has 174 valence electrons. The summed E-state index contributed by atoms with van der Waals surface area (Å²) in [6.45, 7) is 0.348. The lowest BCUT2D eigenvalue weighted by molar-refractivity contribution is 0.0905. The van der Waals surface area contributed by atoms with E-state index in [1.54, 1.807) is 24.3 Å². The van der Waals surface area contributed by atoms with Crippen molar-refractivity contribution in [1.82, 2.24) is 14.9 Å². The summed E-state index contributed by atoms with van der Waals surface area (Å²) in [5.41, 5.74) is 3.07. The normalized spacial score (nSPS) is 13.6. The van der Waals surface area contributed by atoms with Crippen LogP contribution in [0.15, 0.2) is 60.9 Å². The number of aromatic amines is 1. The van der Waals surface area contributed by atoms with E-state index < -0.39 is 18.0 Å². The Kier molecular flexibility index (Phi) is 5.69. The highest BCUT2D eigenvalue weighted by Crippen LogP contribution is 2.38. The maximum atomic E-state index is 13.3. The van der Waals surface area contributed by atoms with Crippen molar-refractivity contribution in [3.8, 4) is 22.8 Å². The first-order valence-corrected chi connectivity index (χ1v) is 10.9. The van der Waals surface area contributed by atoms with Crippen molar-refractivity contribution in [1.29, 1.82) is 0 Å². The van der Waals surface area contributed by atoms with Crippen LogP contribution >= 0.6 is 0 Å². The highest BCUT2D eigenvalue weighted by atomic mass is 16.6. The van der Waals surface area contributed by atoms with Crippen LogP contribution in [-0.2, 0) is 6.42 Å². The first kappa shape index (κ1) is 21.6. The van der Waals surface area contributed by atoms with Crippen LogP contribution in [0.4, 0.5) is 4.79 Å². The van der Waals surface area contributed by atoms with Crippen LogP contribution in [0.25, 0.3) is 22.2 Å². The molecule has 0 saturated heterocycles. The zero-order valence-electron chi connectivity index (χ0n) is 18.2. The lowest BCUT2D eigenvalue weighted by atomic mass is 10.0. The summed E-state index contributed by atoms with van der Waals surface area (Å²) >= 11 is 0. The van der Waals surface area contributed by atoms with Crippen LogP contribution in [0, 0.1) is 0 Å². The number of carbonyl (C=O) groups excluding carboxylic acids is 1. The van der Waals surface area contributed by atoms with Crippen LogP contribution in [0.2, 0.25) is 0 Å². The molecule has 0 radical (unpaired) electrons. The lowest BCUT2D eigenvalue weighted by Crippen LogP contribution is -2.39. The number of amides is 1. The van der Waals surface area contributed by atoms with Crippen molar-refractivity contribution < 1.29 is 29.3 Å². The number of rotatable bonds is 6. The molecule has 0 saturated carbocycles. The molecule has 34 heavy (non-hydrogen) atoms. The molecule has 0 unspecified atom stereocenters. The van der Waals surface area contributed by atoms with Crippen molar-refractivity contribution >= 4 is 22.9 Å². The molecule has 3 heterocycles.